The average Bonchev–Trinajstić information content (AvgIpc) is 2.62. The van der Waals surface area contributed by atoms with Crippen LogP contribution in [0.3, 0.4) is 0 Å². The number of phenolic OH excluding ortho intramolecular Hbond substituents is 1. The normalized spacial score (nSPS) is 16.4. The van der Waals surface area contributed by atoms with E-state index >= 15 is 0 Å². The van der Waals surface area contributed by atoms with Gasteiger partial charge in [-0.25, -0.2) is 0 Å². The molecule has 0 saturated heterocycles. The van der Waals surface area contributed by atoms with Gasteiger partial charge in [-0.2, -0.15) is 0 Å². The predicted molar refractivity (Wildman–Crippen MR) is 111 cm³/mol. The first-order valence-electron chi connectivity index (χ1n) is 9.38. The van der Waals surface area contributed by atoms with Gasteiger partial charge in [0.2, 0.25) is 0 Å². The molecule has 0 heterocycles. The molecule has 0 saturated carbocycles. The molecule has 0 unspecified atom stereocenters. The second-order valence-electron chi connectivity index (χ2n) is 7.51. The van der Waals surface area contributed by atoms with Crippen LogP contribution < -0.4 is 0 Å². The molecule has 0 amide bonds. The molecule has 0 aromatic heterocycles. The molecule has 2 aliphatic carbocycles. The van der Waals surface area contributed by atoms with E-state index in [4.69, 9.17) is 0 Å². The molecule has 1 N–H and O–H groups in total. The Bertz CT molecular complexity index is 769. The highest BCUT2D eigenvalue weighted by atomic mass is 79.9. The fraction of sp³-hybridized carbons (Fsp3) is 0.455. The van der Waals surface area contributed by atoms with E-state index in [0.717, 1.165) is 29.3 Å². The Morgan fingerprint density at radius 3 is 1.96 bits per heavy atom. The number of benzene rings is 2. The third-order valence-corrected chi connectivity index (χ3v) is 7.46. The van der Waals surface area contributed by atoms with Crippen LogP contribution in [0.2, 0.25) is 0 Å². The second kappa shape index (κ2) is 7.08. The maximum atomic E-state index is 10.8. The smallest absolute Gasteiger partial charge is 0.133 e. The summed E-state index contributed by atoms with van der Waals surface area (Å²) in [6, 6.07) is 4.46. The maximum absolute atomic E-state index is 10.8. The Hall–Kier alpha value is -0.800. The van der Waals surface area contributed by atoms with Crippen molar-refractivity contribution in [3.05, 3.63) is 60.0 Å². The molecule has 0 atom stereocenters. The summed E-state index contributed by atoms with van der Waals surface area (Å²) in [7, 11) is 0. The van der Waals surface area contributed by atoms with Gasteiger partial charge in [0, 0.05) is 16.5 Å². The quantitative estimate of drug-likeness (QED) is 0.533. The fourth-order valence-electron chi connectivity index (χ4n) is 4.61. The first-order valence-corrected chi connectivity index (χ1v) is 11.0. The van der Waals surface area contributed by atoms with Crippen molar-refractivity contribution in [1.29, 1.82) is 0 Å². The third kappa shape index (κ3) is 3.19. The number of aromatic hydroxyl groups is 1. The predicted octanol–water partition coefficient (Wildman–Crippen LogP) is 6.57. The minimum atomic E-state index is 0.449. The van der Waals surface area contributed by atoms with E-state index in [-0.39, 0.29) is 0 Å². The number of rotatable bonds is 2. The van der Waals surface area contributed by atoms with Crippen molar-refractivity contribution in [3.63, 3.8) is 0 Å². The number of aryl methyl sites for hydroxylation is 2. The Morgan fingerprint density at radius 2 is 1.32 bits per heavy atom. The molecule has 0 fully saturated rings. The van der Waals surface area contributed by atoms with Gasteiger partial charge in [0.25, 0.3) is 0 Å². The lowest BCUT2D eigenvalue weighted by Gasteiger charge is -2.26. The van der Waals surface area contributed by atoms with E-state index in [0.29, 0.717) is 5.75 Å². The van der Waals surface area contributed by atoms with Gasteiger partial charge in [0.1, 0.15) is 5.75 Å². The van der Waals surface area contributed by atoms with Crippen molar-refractivity contribution in [2.75, 3.05) is 0 Å². The van der Waals surface area contributed by atoms with Crippen LogP contribution in [0, 0.1) is 6.92 Å². The van der Waals surface area contributed by atoms with Crippen molar-refractivity contribution < 1.29 is 5.11 Å². The average molecular weight is 464 g/mol. The van der Waals surface area contributed by atoms with Crippen LogP contribution in [0.25, 0.3) is 0 Å². The van der Waals surface area contributed by atoms with Crippen LogP contribution in [0.4, 0.5) is 0 Å². The Balaban J connectivity index is 1.87. The molecule has 2 aromatic rings. The molecule has 0 bridgehead atoms. The van der Waals surface area contributed by atoms with Crippen LogP contribution in [0.5, 0.6) is 5.75 Å². The third-order valence-electron chi connectivity index (χ3n) is 6.03. The SMILES string of the molecule is Cc1c(Br)cc2c(c1Cc1c(O)c(Br)cc3c1CCCC3)CCCC2. The number of phenols is 1. The van der Waals surface area contributed by atoms with Crippen LogP contribution >= 0.6 is 31.9 Å². The van der Waals surface area contributed by atoms with E-state index in [1.807, 2.05) is 0 Å². The van der Waals surface area contributed by atoms with Gasteiger partial charge in [-0.05, 0) is 120 Å². The molecule has 25 heavy (non-hydrogen) atoms. The second-order valence-corrected chi connectivity index (χ2v) is 9.22. The number of hydrogen-bond acceptors (Lipinski definition) is 1. The van der Waals surface area contributed by atoms with E-state index in [1.54, 1.807) is 0 Å². The van der Waals surface area contributed by atoms with Gasteiger partial charge in [-0.15, -0.1) is 0 Å². The summed E-state index contributed by atoms with van der Waals surface area (Å²) in [6.07, 6.45) is 10.5. The monoisotopic (exact) mass is 462 g/mol. The first-order chi connectivity index (χ1) is 12.1. The van der Waals surface area contributed by atoms with Crippen molar-refractivity contribution in [3.8, 4) is 5.75 Å². The van der Waals surface area contributed by atoms with E-state index in [2.05, 4.69) is 50.9 Å². The minimum absolute atomic E-state index is 0.449. The highest BCUT2D eigenvalue weighted by molar-refractivity contribution is 9.10. The molecule has 4 rings (SSSR count). The van der Waals surface area contributed by atoms with E-state index in [9.17, 15) is 5.11 Å². The highest BCUT2D eigenvalue weighted by Gasteiger charge is 2.23. The molecular weight excluding hydrogens is 440 g/mol. The molecule has 2 aliphatic rings. The molecule has 0 spiro atoms. The molecular formula is C22H24Br2O. The van der Waals surface area contributed by atoms with Crippen LogP contribution in [0.1, 0.15) is 64.6 Å². The van der Waals surface area contributed by atoms with Crippen LogP contribution in [-0.2, 0) is 32.1 Å². The molecule has 1 nitrogen and oxygen atoms in total. The zero-order valence-corrected chi connectivity index (χ0v) is 17.9. The Morgan fingerprint density at radius 1 is 0.800 bits per heavy atom. The van der Waals surface area contributed by atoms with E-state index < -0.39 is 0 Å². The molecule has 3 heteroatoms. The number of halogens is 2. The zero-order chi connectivity index (χ0) is 17.6. The van der Waals surface area contributed by atoms with Crippen molar-refractivity contribution in [1.82, 2.24) is 0 Å². The lowest BCUT2D eigenvalue weighted by atomic mass is 9.81. The van der Waals surface area contributed by atoms with Gasteiger partial charge in [0.15, 0.2) is 0 Å². The summed E-state index contributed by atoms with van der Waals surface area (Å²) >= 11 is 7.36. The van der Waals surface area contributed by atoms with Crippen molar-refractivity contribution in [2.24, 2.45) is 0 Å². The topological polar surface area (TPSA) is 20.2 Å². The van der Waals surface area contributed by atoms with Gasteiger partial charge < -0.3 is 5.11 Å². The Kier molecular flexibility index (Phi) is 4.98. The maximum Gasteiger partial charge on any atom is 0.133 e. The summed E-state index contributed by atoms with van der Waals surface area (Å²) in [5.74, 6) is 0.449. The lowest BCUT2D eigenvalue weighted by Crippen LogP contribution is -2.12. The summed E-state index contributed by atoms with van der Waals surface area (Å²) < 4.78 is 2.07. The minimum Gasteiger partial charge on any atom is -0.506 e. The van der Waals surface area contributed by atoms with Crippen LogP contribution in [-0.4, -0.2) is 5.11 Å². The summed E-state index contributed by atoms with van der Waals surface area (Å²) in [4.78, 5) is 0. The summed E-state index contributed by atoms with van der Waals surface area (Å²) in [6.45, 7) is 2.22. The van der Waals surface area contributed by atoms with Gasteiger partial charge in [-0.3, -0.25) is 0 Å². The van der Waals surface area contributed by atoms with E-state index in [1.165, 1.54) is 76.4 Å². The fourth-order valence-corrected chi connectivity index (χ4v) is 5.64. The number of hydrogen-bond donors (Lipinski definition) is 1. The summed E-state index contributed by atoms with van der Waals surface area (Å²) in [5, 5.41) is 10.8. The Labute approximate surface area is 167 Å². The molecule has 132 valence electrons. The van der Waals surface area contributed by atoms with Gasteiger partial charge >= 0.3 is 0 Å². The lowest BCUT2D eigenvalue weighted by molar-refractivity contribution is 0.463. The number of fused-ring (bicyclic) bond motifs is 2. The zero-order valence-electron chi connectivity index (χ0n) is 14.7. The van der Waals surface area contributed by atoms with Crippen molar-refractivity contribution >= 4 is 31.9 Å². The van der Waals surface area contributed by atoms with Crippen molar-refractivity contribution in [2.45, 2.75) is 64.7 Å². The van der Waals surface area contributed by atoms with Gasteiger partial charge in [-0.1, -0.05) is 15.9 Å². The molecule has 0 radical (unpaired) electrons. The summed E-state index contributed by atoms with van der Waals surface area (Å²) in [5.41, 5.74) is 9.79. The van der Waals surface area contributed by atoms with Gasteiger partial charge in [0.05, 0.1) is 4.47 Å². The van der Waals surface area contributed by atoms with Crippen LogP contribution in [0.15, 0.2) is 21.1 Å². The molecule has 0 aliphatic heterocycles. The standard InChI is InChI=1S/C22H24Br2O/c1-13-18(16-8-4-2-6-14(16)10-20(13)23)12-19-17-9-5-3-7-15(17)11-21(24)22(19)25/h10-11,25H,2-9,12H2,1H3. The largest absolute Gasteiger partial charge is 0.506 e. The highest BCUT2D eigenvalue weighted by Crippen LogP contribution is 2.40. The molecule has 2 aromatic carbocycles. The first kappa shape index (κ1) is 17.6.